The number of carboxylic acids is 1. The average Bonchev–Trinajstić information content (AvgIpc) is 2.96. The molecule has 43 heavy (non-hydrogen) atoms. The van der Waals surface area contributed by atoms with Gasteiger partial charge >= 0.3 is 23.9 Å². The number of esters is 3. The number of rotatable bonds is 29. The third-order valence-corrected chi connectivity index (χ3v) is 7.95. The number of methoxy groups -OCH3 is 2. The Hall–Kier alpha value is -1.89. The molecule has 0 aromatic heterocycles. The molecule has 0 fully saturated rings. The molecule has 1 N–H and O–H groups in total. The number of aliphatic carboxylic acids is 1. The summed E-state index contributed by atoms with van der Waals surface area (Å²) in [5.74, 6) is -4.04. The average molecular weight is 637 g/mol. The zero-order chi connectivity index (χ0) is 32.3. The highest BCUT2D eigenvalue weighted by Crippen LogP contribution is 2.33. The molecule has 11 nitrogen and oxygen atoms in total. The number of carboxylic acid groups (broad SMARTS) is 1. The Balaban J connectivity index is 5.14. The number of ether oxygens (including phenoxy) is 6. The number of thioether (sulfide) groups is 1. The Kier molecular flexibility index (Phi) is 25.3. The van der Waals surface area contributed by atoms with Gasteiger partial charge in [-0.15, -0.1) is 11.8 Å². The minimum Gasteiger partial charge on any atom is -0.481 e. The summed E-state index contributed by atoms with van der Waals surface area (Å²) in [7, 11) is 2.96. The maximum absolute atomic E-state index is 13.1. The van der Waals surface area contributed by atoms with E-state index < -0.39 is 40.5 Å². The fraction of sp³-hybridized carbons (Fsp3) is 0.871. The van der Waals surface area contributed by atoms with Crippen molar-refractivity contribution in [2.24, 2.45) is 11.3 Å². The van der Waals surface area contributed by atoms with E-state index in [0.717, 1.165) is 31.0 Å². The second-order valence-electron chi connectivity index (χ2n) is 11.2. The van der Waals surface area contributed by atoms with Gasteiger partial charge < -0.3 is 33.5 Å². The summed E-state index contributed by atoms with van der Waals surface area (Å²) in [5.41, 5.74) is -1.10. The first-order valence-electron chi connectivity index (χ1n) is 15.5. The van der Waals surface area contributed by atoms with Crippen LogP contribution in [0.25, 0.3) is 0 Å². The second-order valence-corrected chi connectivity index (χ2v) is 12.4. The van der Waals surface area contributed by atoms with Crippen molar-refractivity contribution in [2.75, 3.05) is 59.8 Å². The van der Waals surface area contributed by atoms with Gasteiger partial charge in [0.25, 0.3) is 0 Å². The standard InChI is InChI=1S/C31H56O11S/c1-6-7-8-9-10-11-12-13-14-15-16-40-29(35)26(43-23-27(32)33)21-25(28(34)41-19-17-37-4)22-31(2,3)30(36)42-20-18-39-24-38-5/h25-26H,6-24H2,1-5H3,(H,32,33). The molecule has 0 saturated carbocycles. The van der Waals surface area contributed by atoms with Gasteiger partial charge in [-0.2, -0.15) is 0 Å². The maximum Gasteiger partial charge on any atom is 0.319 e. The van der Waals surface area contributed by atoms with Gasteiger partial charge in [0.1, 0.15) is 25.3 Å². The highest BCUT2D eigenvalue weighted by Gasteiger charge is 2.38. The van der Waals surface area contributed by atoms with Gasteiger partial charge in [-0.3, -0.25) is 19.2 Å². The van der Waals surface area contributed by atoms with Crippen LogP contribution in [0.4, 0.5) is 0 Å². The van der Waals surface area contributed by atoms with Crippen molar-refractivity contribution in [3.8, 4) is 0 Å². The monoisotopic (exact) mass is 636 g/mol. The van der Waals surface area contributed by atoms with Crippen molar-refractivity contribution in [2.45, 2.75) is 103 Å². The van der Waals surface area contributed by atoms with Crippen molar-refractivity contribution < 1.29 is 52.7 Å². The molecule has 0 bridgehead atoms. The summed E-state index contributed by atoms with van der Waals surface area (Å²) in [6.45, 7) is 6.14. The number of unbranched alkanes of at least 4 members (excludes halogenated alkanes) is 9. The van der Waals surface area contributed by atoms with Crippen LogP contribution in [0.2, 0.25) is 0 Å². The predicted octanol–water partition coefficient (Wildman–Crippen LogP) is 5.41. The zero-order valence-electron chi connectivity index (χ0n) is 27.0. The largest absolute Gasteiger partial charge is 0.481 e. The minimum atomic E-state index is -1.10. The SMILES string of the molecule is CCCCCCCCCCCCOC(=O)C(CC(CC(C)(C)C(=O)OCCOCOC)C(=O)OCCOC)SCC(=O)O. The molecule has 0 saturated heterocycles. The summed E-state index contributed by atoms with van der Waals surface area (Å²) in [6.07, 6.45) is 11.4. The fourth-order valence-electron chi connectivity index (χ4n) is 4.35. The van der Waals surface area contributed by atoms with Gasteiger partial charge in [0.05, 0.1) is 36.9 Å². The van der Waals surface area contributed by atoms with Gasteiger partial charge in [-0.25, -0.2) is 0 Å². The normalized spacial score (nSPS) is 12.9. The summed E-state index contributed by atoms with van der Waals surface area (Å²) >= 11 is 0.899. The minimum absolute atomic E-state index is 0.00364. The van der Waals surface area contributed by atoms with Crippen LogP contribution in [-0.2, 0) is 47.6 Å². The number of carbonyl (C=O) groups excluding carboxylic acids is 3. The first-order valence-corrected chi connectivity index (χ1v) is 16.5. The van der Waals surface area contributed by atoms with E-state index in [1.165, 1.54) is 52.7 Å². The second kappa shape index (κ2) is 26.5. The summed E-state index contributed by atoms with van der Waals surface area (Å²) in [4.78, 5) is 50.2. The van der Waals surface area contributed by atoms with Gasteiger partial charge in [0, 0.05) is 14.2 Å². The molecule has 0 aromatic rings. The maximum atomic E-state index is 13.1. The fourth-order valence-corrected chi connectivity index (χ4v) is 5.27. The van der Waals surface area contributed by atoms with Crippen molar-refractivity contribution in [1.29, 1.82) is 0 Å². The molecule has 12 heteroatoms. The first-order chi connectivity index (χ1) is 20.6. The number of carbonyl (C=O) groups is 4. The molecule has 0 spiro atoms. The van der Waals surface area contributed by atoms with E-state index >= 15 is 0 Å². The van der Waals surface area contributed by atoms with Crippen molar-refractivity contribution in [3.05, 3.63) is 0 Å². The number of hydrogen-bond acceptors (Lipinski definition) is 11. The Labute approximate surface area is 262 Å². The lowest BCUT2D eigenvalue weighted by molar-refractivity contribution is -0.160. The van der Waals surface area contributed by atoms with Crippen LogP contribution in [-0.4, -0.2) is 94.0 Å². The smallest absolute Gasteiger partial charge is 0.319 e. The molecule has 0 aliphatic heterocycles. The van der Waals surface area contributed by atoms with Crippen LogP contribution in [0.5, 0.6) is 0 Å². The van der Waals surface area contributed by atoms with E-state index in [1.807, 2.05) is 0 Å². The Morgan fingerprint density at radius 2 is 1.30 bits per heavy atom. The summed E-state index contributed by atoms with van der Waals surface area (Å²) in [5, 5.41) is 8.32. The van der Waals surface area contributed by atoms with Crippen molar-refractivity contribution in [3.63, 3.8) is 0 Å². The molecule has 0 heterocycles. The predicted molar refractivity (Wildman–Crippen MR) is 165 cm³/mol. The van der Waals surface area contributed by atoms with Crippen molar-refractivity contribution in [1.82, 2.24) is 0 Å². The van der Waals surface area contributed by atoms with Crippen LogP contribution in [0.1, 0.15) is 97.8 Å². The van der Waals surface area contributed by atoms with Gasteiger partial charge in [-0.1, -0.05) is 64.7 Å². The molecule has 0 aliphatic rings. The van der Waals surface area contributed by atoms with E-state index in [4.69, 9.17) is 28.4 Å². The molecule has 252 valence electrons. The molecule has 0 radical (unpaired) electrons. The molecular formula is C31H56O11S. The van der Waals surface area contributed by atoms with E-state index in [0.29, 0.717) is 6.42 Å². The molecule has 0 aromatic carbocycles. The molecule has 2 unspecified atom stereocenters. The third kappa shape index (κ3) is 22.3. The quantitative estimate of drug-likeness (QED) is 0.0485. The van der Waals surface area contributed by atoms with Crippen LogP contribution < -0.4 is 0 Å². The van der Waals surface area contributed by atoms with E-state index in [1.54, 1.807) is 13.8 Å². The Morgan fingerprint density at radius 3 is 1.88 bits per heavy atom. The van der Waals surface area contributed by atoms with Crippen LogP contribution in [0.15, 0.2) is 0 Å². The zero-order valence-corrected chi connectivity index (χ0v) is 27.8. The molecule has 0 aliphatic carbocycles. The summed E-state index contributed by atoms with van der Waals surface area (Å²) < 4.78 is 31.1. The number of hydrogen-bond donors (Lipinski definition) is 1. The van der Waals surface area contributed by atoms with Gasteiger partial charge in [0.15, 0.2) is 0 Å². The molecular weight excluding hydrogens is 580 g/mol. The lowest BCUT2D eigenvalue weighted by Gasteiger charge is -2.28. The molecule has 0 rings (SSSR count). The highest BCUT2D eigenvalue weighted by molar-refractivity contribution is 8.01. The van der Waals surface area contributed by atoms with Gasteiger partial charge in [-0.05, 0) is 33.1 Å². The van der Waals surface area contributed by atoms with Crippen molar-refractivity contribution >= 4 is 35.6 Å². The Morgan fingerprint density at radius 1 is 0.721 bits per heavy atom. The lowest BCUT2D eigenvalue weighted by Crippen LogP contribution is -2.36. The Bertz CT molecular complexity index is 760. The van der Waals surface area contributed by atoms with E-state index in [2.05, 4.69) is 6.92 Å². The van der Waals surface area contributed by atoms with Crippen LogP contribution in [0, 0.1) is 11.3 Å². The van der Waals surface area contributed by atoms with E-state index in [-0.39, 0.29) is 58.4 Å². The first kappa shape index (κ1) is 41.1. The van der Waals surface area contributed by atoms with Gasteiger partial charge in [0.2, 0.25) is 0 Å². The molecule has 0 amide bonds. The van der Waals surface area contributed by atoms with E-state index in [9.17, 15) is 24.3 Å². The topological polar surface area (TPSA) is 144 Å². The summed E-state index contributed by atoms with van der Waals surface area (Å²) in [6, 6.07) is 0. The highest BCUT2D eigenvalue weighted by atomic mass is 32.2. The third-order valence-electron chi connectivity index (χ3n) is 6.75. The van der Waals surface area contributed by atoms with Crippen LogP contribution in [0.3, 0.4) is 0 Å². The molecule has 2 atom stereocenters. The lowest BCUT2D eigenvalue weighted by atomic mass is 9.81. The van der Waals surface area contributed by atoms with Crippen LogP contribution >= 0.6 is 11.8 Å².